The predicted octanol–water partition coefficient (Wildman–Crippen LogP) is 1.45. The third-order valence-electron chi connectivity index (χ3n) is 2.11. The van der Waals surface area contributed by atoms with Crippen LogP contribution in [0.15, 0.2) is 6.20 Å². The van der Waals surface area contributed by atoms with Crippen molar-refractivity contribution < 1.29 is 4.74 Å². The van der Waals surface area contributed by atoms with Crippen LogP contribution >= 0.6 is 0 Å². The molecule has 0 radical (unpaired) electrons. The number of nitrogens with two attached hydrogens (primary N) is 1. The Morgan fingerprint density at radius 1 is 1.57 bits per heavy atom. The summed E-state index contributed by atoms with van der Waals surface area (Å²) in [5, 5.41) is 4.31. The number of hydrogen-bond donors (Lipinski definition) is 1. The van der Waals surface area contributed by atoms with Crippen molar-refractivity contribution in [3.63, 3.8) is 0 Å². The van der Waals surface area contributed by atoms with Crippen LogP contribution in [-0.2, 0) is 11.3 Å². The quantitative estimate of drug-likeness (QED) is 0.794. The molecular weight excluding hydrogens is 178 g/mol. The van der Waals surface area contributed by atoms with E-state index in [0.29, 0.717) is 6.61 Å². The second-order valence-corrected chi connectivity index (χ2v) is 4.46. The first-order valence-electron chi connectivity index (χ1n) is 4.73. The first kappa shape index (κ1) is 11.0. The maximum atomic E-state index is 5.72. The van der Waals surface area contributed by atoms with Gasteiger partial charge in [-0.25, -0.2) is 0 Å². The lowest BCUT2D eigenvalue weighted by Crippen LogP contribution is -2.25. The molecule has 2 N–H and O–H groups in total. The van der Waals surface area contributed by atoms with Crippen LogP contribution < -0.4 is 5.73 Å². The van der Waals surface area contributed by atoms with E-state index in [-0.39, 0.29) is 5.41 Å². The summed E-state index contributed by atoms with van der Waals surface area (Å²) in [4.78, 5) is 0. The molecule has 14 heavy (non-hydrogen) atoms. The molecule has 1 aromatic rings. The van der Waals surface area contributed by atoms with Gasteiger partial charge in [-0.2, -0.15) is 5.10 Å². The van der Waals surface area contributed by atoms with Gasteiger partial charge in [0.15, 0.2) is 0 Å². The van der Waals surface area contributed by atoms with Gasteiger partial charge in [0.25, 0.3) is 0 Å². The third-order valence-corrected chi connectivity index (χ3v) is 2.11. The molecule has 1 aromatic heterocycles. The van der Waals surface area contributed by atoms with E-state index >= 15 is 0 Å². The van der Waals surface area contributed by atoms with Crippen LogP contribution in [0.2, 0.25) is 0 Å². The average molecular weight is 197 g/mol. The van der Waals surface area contributed by atoms with Crippen molar-refractivity contribution in [3.8, 4) is 0 Å². The van der Waals surface area contributed by atoms with Crippen LogP contribution in [-0.4, -0.2) is 23.5 Å². The van der Waals surface area contributed by atoms with Gasteiger partial charge in [-0.3, -0.25) is 4.68 Å². The molecule has 0 aliphatic rings. The van der Waals surface area contributed by atoms with Crippen LogP contribution in [0.1, 0.15) is 19.5 Å². The van der Waals surface area contributed by atoms with Crippen LogP contribution in [0.4, 0.5) is 5.69 Å². The number of methoxy groups -OCH3 is 1. The maximum absolute atomic E-state index is 5.72. The molecule has 0 fully saturated rings. The summed E-state index contributed by atoms with van der Waals surface area (Å²) in [5.74, 6) is 0. The van der Waals surface area contributed by atoms with E-state index in [9.17, 15) is 0 Å². The molecule has 4 heteroatoms. The van der Waals surface area contributed by atoms with Gasteiger partial charge in [0.05, 0.1) is 18.0 Å². The van der Waals surface area contributed by atoms with Crippen molar-refractivity contribution in [2.75, 3.05) is 19.5 Å². The Kier molecular flexibility index (Phi) is 3.16. The smallest absolute Gasteiger partial charge is 0.0822 e. The van der Waals surface area contributed by atoms with Gasteiger partial charge in [0.1, 0.15) is 0 Å². The van der Waals surface area contributed by atoms with Gasteiger partial charge in [-0.1, -0.05) is 13.8 Å². The number of nitrogen functional groups attached to an aromatic ring is 1. The zero-order valence-electron chi connectivity index (χ0n) is 9.37. The zero-order valence-corrected chi connectivity index (χ0v) is 9.37. The van der Waals surface area contributed by atoms with E-state index in [4.69, 9.17) is 10.5 Å². The lowest BCUT2D eigenvalue weighted by molar-refractivity contribution is 0.0891. The van der Waals surface area contributed by atoms with Gasteiger partial charge in [-0.05, 0) is 6.92 Å². The fourth-order valence-electron chi connectivity index (χ4n) is 1.49. The minimum atomic E-state index is 0.0830. The number of ether oxygens (including phenoxy) is 1. The topological polar surface area (TPSA) is 53.1 Å². The first-order chi connectivity index (χ1) is 6.44. The molecule has 0 aliphatic heterocycles. The minimum Gasteiger partial charge on any atom is -0.396 e. The average Bonchev–Trinajstić information content (AvgIpc) is 2.29. The number of rotatable bonds is 4. The van der Waals surface area contributed by atoms with E-state index in [1.165, 1.54) is 0 Å². The molecule has 0 bridgehead atoms. The highest BCUT2D eigenvalue weighted by Gasteiger charge is 2.19. The fraction of sp³-hybridized carbons (Fsp3) is 0.700. The highest BCUT2D eigenvalue weighted by atomic mass is 16.5. The summed E-state index contributed by atoms with van der Waals surface area (Å²) in [5.41, 5.74) is 7.44. The highest BCUT2D eigenvalue weighted by molar-refractivity contribution is 5.39. The Morgan fingerprint density at radius 3 is 2.64 bits per heavy atom. The van der Waals surface area contributed by atoms with E-state index in [1.807, 2.05) is 17.8 Å². The number of hydrogen-bond acceptors (Lipinski definition) is 3. The molecule has 0 amide bonds. The predicted molar refractivity (Wildman–Crippen MR) is 57.0 cm³/mol. The summed E-state index contributed by atoms with van der Waals surface area (Å²) in [6.07, 6.45) is 1.87. The molecule has 0 spiro atoms. The monoisotopic (exact) mass is 197 g/mol. The van der Waals surface area contributed by atoms with Gasteiger partial charge < -0.3 is 10.5 Å². The Balaban J connectivity index is 2.68. The number of anilines is 1. The fourth-order valence-corrected chi connectivity index (χ4v) is 1.49. The second kappa shape index (κ2) is 4.00. The molecule has 4 nitrogen and oxygen atoms in total. The largest absolute Gasteiger partial charge is 0.396 e. The van der Waals surface area contributed by atoms with Gasteiger partial charge in [0, 0.05) is 25.3 Å². The van der Waals surface area contributed by atoms with Gasteiger partial charge in [-0.15, -0.1) is 0 Å². The first-order valence-corrected chi connectivity index (χ1v) is 4.73. The standard InChI is InChI=1S/C10H19N3O/c1-8-9(11)5-13(12-8)6-10(2,3)7-14-4/h5H,6-7,11H2,1-4H3. The van der Waals surface area contributed by atoms with Crippen LogP contribution in [0.3, 0.4) is 0 Å². The molecule has 0 aromatic carbocycles. The molecule has 1 heterocycles. The Labute approximate surface area is 85.0 Å². The SMILES string of the molecule is COCC(C)(C)Cn1cc(N)c(C)n1. The molecule has 0 saturated carbocycles. The van der Waals surface area contributed by atoms with Crippen molar-refractivity contribution in [2.45, 2.75) is 27.3 Å². The van der Waals surface area contributed by atoms with Crippen molar-refractivity contribution in [1.29, 1.82) is 0 Å². The van der Waals surface area contributed by atoms with E-state index in [1.54, 1.807) is 7.11 Å². The summed E-state index contributed by atoms with van der Waals surface area (Å²) < 4.78 is 7.02. The summed E-state index contributed by atoms with van der Waals surface area (Å²) >= 11 is 0. The van der Waals surface area contributed by atoms with Crippen LogP contribution in [0, 0.1) is 12.3 Å². The number of aryl methyl sites for hydroxylation is 1. The Hall–Kier alpha value is -1.03. The van der Waals surface area contributed by atoms with Crippen molar-refractivity contribution in [1.82, 2.24) is 9.78 Å². The molecule has 0 aliphatic carbocycles. The number of aromatic nitrogens is 2. The lowest BCUT2D eigenvalue weighted by Gasteiger charge is -2.23. The van der Waals surface area contributed by atoms with E-state index in [2.05, 4.69) is 18.9 Å². The number of nitrogens with zero attached hydrogens (tertiary/aromatic N) is 2. The van der Waals surface area contributed by atoms with Crippen LogP contribution in [0.5, 0.6) is 0 Å². The van der Waals surface area contributed by atoms with Crippen molar-refractivity contribution in [3.05, 3.63) is 11.9 Å². The molecule has 80 valence electrons. The van der Waals surface area contributed by atoms with Gasteiger partial charge >= 0.3 is 0 Å². The minimum absolute atomic E-state index is 0.0830. The van der Waals surface area contributed by atoms with Crippen molar-refractivity contribution in [2.24, 2.45) is 5.41 Å². The lowest BCUT2D eigenvalue weighted by atomic mass is 9.95. The molecule has 1 rings (SSSR count). The van der Waals surface area contributed by atoms with E-state index < -0.39 is 0 Å². The Morgan fingerprint density at radius 2 is 2.21 bits per heavy atom. The summed E-state index contributed by atoms with van der Waals surface area (Å²) in [6.45, 7) is 7.73. The molecule has 0 atom stereocenters. The Bertz CT molecular complexity index is 285. The van der Waals surface area contributed by atoms with E-state index in [0.717, 1.165) is 17.9 Å². The maximum Gasteiger partial charge on any atom is 0.0822 e. The van der Waals surface area contributed by atoms with Crippen molar-refractivity contribution >= 4 is 5.69 Å². The summed E-state index contributed by atoms with van der Waals surface area (Å²) in [6, 6.07) is 0. The molecular formula is C10H19N3O. The zero-order chi connectivity index (χ0) is 10.8. The van der Waals surface area contributed by atoms with Crippen LogP contribution in [0.25, 0.3) is 0 Å². The summed E-state index contributed by atoms with van der Waals surface area (Å²) in [7, 11) is 1.71. The molecule has 0 unspecified atom stereocenters. The molecule has 0 saturated heterocycles. The highest BCUT2D eigenvalue weighted by Crippen LogP contribution is 2.19. The normalized spacial score (nSPS) is 12.0. The third kappa shape index (κ3) is 2.73. The second-order valence-electron chi connectivity index (χ2n) is 4.46. The van der Waals surface area contributed by atoms with Gasteiger partial charge in [0.2, 0.25) is 0 Å².